The topological polar surface area (TPSA) is 117 Å². The molecule has 1 amide bonds. The molecule has 0 aliphatic heterocycles. The van der Waals surface area contributed by atoms with Gasteiger partial charge < -0.3 is 20.0 Å². The summed E-state index contributed by atoms with van der Waals surface area (Å²) in [5.74, 6) is -2.10. The van der Waals surface area contributed by atoms with E-state index < -0.39 is 18.2 Å². The molecule has 3 rings (SSSR count). The summed E-state index contributed by atoms with van der Waals surface area (Å²) >= 11 is 0. The fraction of sp³-hybridized carbons (Fsp3) is 0.364. The second-order valence-electron chi connectivity index (χ2n) is 8.32. The number of carbonyl (C=O) groups excluding carboxylic acids is 1. The van der Waals surface area contributed by atoms with E-state index in [-0.39, 0.29) is 16.9 Å². The van der Waals surface area contributed by atoms with Crippen LogP contribution < -0.4 is 10.9 Å². The van der Waals surface area contributed by atoms with Crippen LogP contribution in [0.1, 0.15) is 45.3 Å². The van der Waals surface area contributed by atoms with Crippen molar-refractivity contribution in [2.24, 2.45) is 0 Å². The number of nitrogens with zero attached hydrogens (tertiary/aromatic N) is 2. The molecule has 0 fully saturated rings. The van der Waals surface area contributed by atoms with Crippen LogP contribution in [0.4, 0.5) is 13.2 Å². The zero-order valence-electron chi connectivity index (χ0n) is 18.5. The van der Waals surface area contributed by atoms with Crippen LogP contribution in [0, 0.1) is 0 Å². The molecule has 1 unspecified atom stereocenters. The van der Waals surface area contributed by atoms with Crippen molar-refractivity contribution in [1.82, 2.24) is 19.9 Å². The Kier molecular flexibility index (Phi) is 7.68. The number of aromatic amines is 1. The lowest BCUT2D eigenvalue weighted by Crippen LogP contribution is -2.35. The van der Waals surface area contributed by atoms with Gasteiger partial charge in [0.05, 0.1) is 18.4 Å². The number of H-pyrrole nitrogens is 1. The van der Waals surface area contributed by atoms with E-state index in [0.717, 1.165) is 16.9 Å². The number of hydrogen-bond donors (Lipinski definition) is 3. The molecule has 0 saturated heterocycles. The molecule has 3 aromatic rings. The van der Waals surface area contributed by atoms with E-state index in [1.165, 1.54) is 4.57 Å². The molecular weight excluding hydrogens is 441 g/mol. The minimum absolute atomic E-state index is 0.0754. The molecular formula is C22H25F3N4O4. The number of carboxylic acids is 1. The Hall–Kier alpha value is -3.63. The second kappa shape index (κ2) is 9.88. The Morgan fingerprint density at radius 3 is 2.33 bits per heavy atom. The summed E-state index contributed by atoms with van der Waals surface area (Å²) in [5.41, 5.74) is 0.595. The van der Waals surface area contributed by atoms with Gasteiger partial charge in [-0.2, -0.15) is 13.2 Å². The summed E-state index contributed by atoms with van der Waals surface area (Å²) < 4.78 is 33.2. The average molecular weight is 466 g/mol. The Morgan fingerprint density at radius 1 is 1.18 bits per heavy atom. The van der Waals surface area contributed by atoms with Gasteiger partial charge in [0.2, 0.25) is 5.91 Å². The first-order valence-corrected chi connectivity index (χ1v) is 9.94. The number of pyridine rings is 1. The van der Waals surface area contributed by atoms with E-state index in [4.69, 9.17) is 9.90 Å². The maximum absolute atomic E-state index is 12.6. The van der Waals surface area contributed by atoms with Crippen LogP contribution in [-0.4, -0.2) is 37.7 Å². The van der Waals surface area contributed by atoms with E-state index in [9.17, 15) is 22.8 Å². The second-order valence-corrected chi connectivity index (χ2v) is 8.32. The first-order valence-electron chi connectivity index (χ1n) is 9.94. The Bertz CT molecular complexity index is 1190. The van der Waals surface area contributed by atoms with Gasteiger partial charge in [-0.3, -0.25) is 9.59 Å². The fourth-order valence-electron chi connectivity index (χ4n) is 2.80. The average Bonchev–Trinajstić information content (AvgIpc) is 3.21. The fourth-order valence-corrected chi connectivity index (χ4v) is 2.80. The van der Waals surface area contributed by atoms with Crippen LogP contribution in [0.2, 0.25) is 0 Å². The van der Waals surface area contributed by atoms with Crippen molar-refractivity contribution in [3.63, 3.8) is 0 Å². The van der Waals surface area contributed by atoms with Gasteiger partial charge in [-0.05, 0) is 24.4 Å². The van der Waals surface area contributed by atoms with Crippen molar-refractivity contribution in [2.45, 2.75) is 51.9 Å². The summed E-state index contributed by atoms with van der Waals surface area (Å²) in [6.07, 6.45) is -1.68. The summed E-state index contributed by atoms with van der Waals surface area (Å²) in [7, 11) is 0. The summed E-state index contributed by atoms with van der Waals surface area (Å²) in [5, 5.41) is 11.5. The number of hydrogen-bond acceptors (Lipinski definition) is 4. The number of nitrogens with one attached hydrogen (secondary N) is 2. The highest BCUT2D eigenvalue weighted by Crippen LogP contribution is 2.18. The lowest BCUT2D eigenvalue weighted by atomic mass is 9.96. The highest BCUT2D eigenvalue weighted by molar-refractivity contribution is 5.83. The standard InChI is InChI=1S/C20H24N4O2.C2HF3O2/c1-13(24-10-9-14-7-5-6-8-16(14)18(24)26)17(25)21-11-15-12-22-19(23-15)20(2,3)4;3-2(4,5)1(6)7/h5-10,12-13H,11H2,1-4H3,(H,21,25)(H,22,23);(H,6,7). The number of benzene rings is 1. The molecule has 1 atom stereocenters. The zero-order valence-corrected chi connectivity index (χ0v) is 18.5. The first kappa shape index (κ1) is 25.6. The van der Waals surface area contributed by atoms with Crippen LogP contribution in [0.3, 0.4) is 0 Å². The molecule has 2 aromatic heterocycles. The number of fused-ring (bicyclic) bond motifs is 1. The Labute approximate surface area is 187 Å². The number of imidazole rings is 1. The molecule has 0 saturated carbocycles. The highest BCUT2D eigenvalue weighted by Gasteiger charge is 2.38. The largest absolute Gasteiger partial charge is 0.490 e. The molecule has 8 nitrogen and oxygen atoms in total. The van der Waals surface area contributed by atoms with E-state index in [0.29, 0.717) is 11.9 Å². The smallest absolute Gasteiger partial charge is 0.475 e. The van der Waals surface area contributed by atoms with E-state index in [1.807, 2.05) is 24.3 Å². The van der Waals surface area contributed by atoms with Crippen molar-refractivity contribution < 1.29 is 27.9 Å². The number of carbonyl (C=O) groups is 2. The predicted octanol–water partition coefficient (Wildman–Crippen LogP) is 3.53. The van der Waals surface area contributed by atoms with Gasteiger partial charge >= 0.3 is 12.1 Å². The monoisotopic (exact) mass is 466 g/mol. The third-order valence-electron chi connectivity index (χ3n) is 4.67. The Morgan fingerprint density at radius 2 is 1.79 bits per heavy atom. The number of alkyl halides is 3. The maximum Gasteiger partial charge on any atom is 0.490 e. The minimum Gasteiger partial charge on any atom is -0.475 e. The quantitative estimate of drug-likeness (QED) is 0.544. The third kappa shape index (κ3) is 6.67. The van der Waals surface area contributed by atoms with Crippen LogP contribution in [-0.2, 0) is 21.5 Å². The van der Waals surface area contributed by atoms with Gasteiger partial charge in [0.1, 0.15) is 11.9 Å². The molecule has 0 spiro atoms. The van der Waals surface area contributed by atoms with Crippen LogP contribution in [0.5, 0.6) is 0 Å². The SMILES string of the molecule is CC(C(=O)NCc1cnc(C(C)(C)C)[nH]1)n1ccc2ccccc2c1=O.O=C(O)C(F)(F)F. The van der Waals surface area contributed by atoms with Crippen molar-refractivity contribution in [2.75, 3.05) is 0 Å². The van der Waals surface area contributed by atoms with Crippen molar-refractivity contribution in [3.8, 4) is 0 Å². The number of halogens is 3. The maximum atomic E-state index is 12.6. The lowest BCUT2D eigenvalue weighted by Gasteiger charge is -2.16. The number of amides is 1. The number of carboxylic acid groups (broad SMARTS) is 1. The summed E-state index contributed by atoms with van der Waals surface area (Å²) in [6, 6.07) is 8.62. The molecule has 1 aromatic carbocycles. The van der Waals surface area contributed by atoms with Crippen LogP contribution in [0.15, 0.2) is 47.5 Å². The van der Waals surface area contributed by atoms with Gasteiger partial charge in [0, 0.05) is 17.0 Å². The van der Waals surface area contributed by atoms with E-state index in [1.54, 1.807) is 25.4 Å². The summed E-state index contributed by atoms with van der Waals surface area (Å²) in [4.78, 5) is 41.6. The lowest BCUT2D eigenvalue weighted by molar-refractivity contribution is -0.192. The molecule has 0 bridgehead atoms. The normalized spacial score (nSPS) is 12.6. The van der Waals surface area contributed by atoms with Crippen molar-refractivity contribution in [3.05, 3.63) is 64.6 Å². The molecule has 0 aliphatic carbocycles. The zero-order chi connectivity index (χ0) is 25.0. The molecule has 3 N–H and O–H groups in total. The van der Waals surface area contributed by atoms with Gasteiger partial charge in [-0.25, -0.2) is 9.78 Å². The molecule has 0 aliphatic rings. The third-order valence-corrected chi connectivity index (χ3v) is 4.67. The number of aromatic nitrogens is 3. The van der Waals surface area contributed by atoms with Gasteiger partial charge in [-0.1, -0.05) is 39.0 Å². The van der Waals surface area contributed by atoms with Crippen molar-refractivity contribution in [1.29, 1.82) is 0 Å². The molecule has 2 heterocycles. The van der Waals surface area contributed by atoms with Crippen LogP contribution >= 0.6 is 0 Å². The molecule has 0 radical (unpaired) electrons. The Balaban J connectivity index is 0.000000479. The van der Waals surface area contributed by atoms with E-state index in [2.05, 4.69) is 36.1 Å². The van der Waals surface area contributed by atoms with Gasteiger partial charge in [-0.15, -0.1) is 0 Å². The van der Waals surface area contributed by atoms with Crippen molar-refractivity contribution >= 4 is 22.6 Å². The number of aliphatic carboxylic acids is 1. The van der Waals surface area contributed by atoms with E-state index >= 15 is 0 Å². The molecule has 11 heteroatoms. The first-order chi connectivity index (χ1) is 15.2. The number of rotatable bonds is 4. The highest BCUT2D eigenvalue weighted by atomic mass is 19.4. The molecule has 178 valence electrons. The van der Waals surface area contributed by atoms with Crippen LogP contribution in [0.25, 0.3) is 10.8 Å². The van der Waals surface area contributed by atoms with Gasteiger partial charge in [0.25, 0.3) is 5.56 Å². The summed E-state index contributed by atoms with van der Waals surface area (Å²) in [6.45, 7) is 8.28. The molecule has 33 heavy (non-hydrogen) atoms. The van der Waals surface area contributed by atoms with Gasteiger partial charge in [0.15, 0.2) is 0 Å². The predicted molar refractivity (Wildman–Crippen MR) is 116 cm³/mol. The minimum atomic E-state index is -5.08.